The van der Waals surface area contributed by atoms with Crippen LogP contribution in [0.2, 0.25) is 0 Å². The van der Waals surface area contributed by atoms with Crippen molar-refractivity contribution in [3.05, 3.63) is 41.5 Å². The van der Waals surface area contributed by atoms with Crippen LogP contribution in [0.3, 0.4) is 0 Å². The van der Waals surface area contributed by atoms with Crippen LogP contribution in [0, 0.1) is 17.6 Å². The highest BCUT2D eigenvalue weighted by molar-refractivity contribution is 5.92. The van der Waals surface area contributed by atoms with Crippen LogP contribution in [0.4, 0.5) is 14.5 Å². The van der Waals surface area contributed by atoms with E-state index in [-0.39, 0.29) is 17.5 Å². The second-order valence-electron chi connectivity index (χ2n) is 7.15. The standard InChI is InChI=1S/C19H22F2N4O2/c20-14-2-3-15(21)16(11-14)22-19(26)13-1-4-17-23-24-18(25(17)8-5-13)12-6-9-27-10-7-12/h2-3,11-13H,1,4-10H2,(H,22,26). The minimum absolute atomic E-state index is 0.119. The number of carbonyl (C=O) groups is 1. The highest BCUT2D eigenvalue weighted by atomic mass is 19.1. The SMILES string of the molecule is O=C(Nc1cc(F)ccc1F)C1CCc2nnc(C3CCOCC3)n2CC1. The van der Waals surface area contributed by atoms with E-state index in [1.807, 2.05) is 0 Å². The number of hydrogen-bond acceptors (Lipinski definition) is 4. The number of halogens is 2. The number of nitrogens with zero attached hydrogens (tertiary/aromatic N) is 3. The molecule has 1 fully saturated rings. The number of hydrogen-bond donors (Lipinski definition) is 1. The molecule has 1 aromatic heterocycles. The molecule has 4 rings (SSSR count). The van der Waals surface area contributed by atoms with Crippen LogP contribution in [0.15, 0.2) is 18.2 Å². The Morgan fingerprint density at radius 1 is 1.15 bits per heavy atom. The Morgan fingerprint density at radius 3 is 2.78 bits per heavy atom. The van der Waals surface area contributed by atoms with Crippen molar-refractivity contribution in [2.45, 2.75) is 44.6 Å². The molecule has 2 aromatic rings. The smallest absolute Gasteiger partial charge is 0.227 e. The van der Waals surface area contributed by atoms with Gasteiger partial charge in [0.1, 0.15) is 23.3 Å². The van der Waals surface area contributed by atoms with Crippen molar-refractivity contribution in [1.82, 2.24) is 14.8 Å². The fourth-order valence-electron chi connectivity index (χ4n) is 3.86. The van der Waals surface area contributed by atoms with Gasteiger partial charge in [0.25, 0.3) is 0 Å². The summed E-state index contributed by atoms with van der Waals surface area (Å²) in [4.78, 5) is 12.6. The molecule has 3 heterocycles. The minimum atomic E-state index is -0.641. The first-order valence-electron chi connectivity index (χ1n) is 9.37. The van der Waals surface area contributed by atoms with Gasteiger partial charge in [0.15, 0.2) is 0 Å². The number of anilines is 1. The van der Waals surface area contributed by atoms with Gasteiger partial charge in [-0.3, -0.25) is 4.79 Å². The summed E-state index contributed by atoms with van der Waals surface area (Å²) >= 11 is 0. The van der Waals surface area contributed by atoms with E-state index in [1.165, 1.54) is 0 Å². The number of benzene rings is 1. The summed E-state index contributed by atoms with van der Waals surface area (Å²) in [5, 5.41) is 11.2. The van der Waals surface area contributed by atoms with Crippen LogP contribution in [-0.2, 0) is 22.5 Å². The Bertz CT molecular complexity index is 833. The maximum absolute atomic E-state index is 13.8. The molecule has 0 radical (unpaired) electrons. The van der Waals surface area contributed by atoms with Crippen molar-refractivity contribution in [2.24, 2.45) is 5.92 Å². The minimum Gasteiger partial charge on any atom is -0.381 e. The molecule has 1 N–H and O–H groups in total. The zero-order chi connectivity index (χ0) is 18.8. The lowest BCUT2D eigenvalue weighted by Crippen LogP contribution is -2.24. The molecule has 6 nitrogen and oxygen atoms in total. The van der Waals surface area contributed by atoms with Gasteiger partial charge in [-0.15, -0.1) is 10.2 Å². The van der Waals surface area contributed by atoms with Crippen molar-refractivity contribution < 1.29 is 18.3 Å². The highest BCUT2D eigenvalue weighted by Crippen LogP contribution is 2.29. The Kier molecular flexibility index (Phi) is 5.15. The van der Waals surface area contributed by atoms with Crippen LogP contribution < -0.4 is 5.32 Å². The van der Waals surface area contributed by atoms with E-state index in [1.54, 1.807) is 0 Å². The topological polar surface area (TPSA) is 69.0 Å². The molecule has 0 bridgehead atoms. The van der Waals surface area contributed by atoms with Gasteiger partial charge in [0.05, 0.1) is 5.69 Å². The number of rotatable bonds is 3. The van der Waals surface area contributed by atoms with E-state index >= 15 is 0 Å². The first-order chi connectivity index (χ1) is 13.1. The molecular formula is C19H22F2N4O2. The number of carbonyl (C=O) groups excluding carboxylic acids is 1. The molecule has 0 saturated carbocycles. The van der Waals surface area contributed by atoms with Crippen LogP contribution in [0.1, 0.15) is 43.3 Å². The van der Waals surface area contributed by atoms with Gasteiger partial charge in [-0.1, -0.05) is 0 Å². The first-order valence-corrected chi connectivity index (χ1v) is 9.37. The van der Waals surface area contributed by atoms with E-state index < -0.39 is 11.6 Å². The molecule has 8 heteroatoms. The molecule has 0 spiro atoms. The van der Waals surface area contributed by atoms with Crippen molar-refractivity contribution in [3.63, 3.8) is 0 Å². The first kappa shape index (κ1) is 18.0. The normalized spacial score (nSPS) is 20.7. The number of nitrogens with one attached hydrogen (secondary N) is 1. The van der Waals surface area contributed by atoms with Gasteiger partial charge in [-0.25, -0.2) is 8.78 Å². The molecule has 1 atom stereocenters. The van der Waals surface area contributed by atoms with Gasteiger partial charge < -0.3 is 14.6 Å². The summed E-state index contributed by atoms with van der Waals surface area (Å²) in [5.41, 5.74) is -0.119. The summed E-state index contributed by atoms with van der Waals surface area (Å²) in [6.45, 7) is 2.12. The van der Waals surface area contributed by atoms with Gasteiger partial charge in [-0.05, 0) is 37.8 Å². The van der Waals surface area contributed by atoms with Crippen molar-refractivity contribution in [2.75, 3.05) is 18.5 Å². The summed E-state index contributed by atoms with van der Waals surface area (Å²) in [6, 6.07) is 3.04. The van der Waals surface area contributed by atoms with Crippen LogP contribution in [-0.4, -0.2) is 33.9 Å². The third-order valence-electron chi connectivity index (χ3n) is 5.42. The molecule has 1 unspecified atom stereocenters. The largest absolute Gasteiger partial charge is 0.381 e. The molecule has 2 aliphatic rings. The van der Waals surface area contributed by atoms with E-state index in [0.717, 1.165) is 55.9 Å². The van der Waals surface area contributed by atoms with Gasteiger partial charge in [0.2, 0.25) is 5.91 Å². The monoisotopic (exact) mass is 376 g/mol. The average molecular weight is 376 g/mol. The van der Waals surface area contributed by atoms with Gasteiger partial charge >= 0.3 is 0 Å². The second-order valence-corrected chi connectivity index (χ2v) is 7.15. The Hall–Kier alpha value is -2.35. The third-order valence-corrected chi connectivity index (χ3v) is 5.42. The fourth-order valence-corrected chi connectivity index (χ4v) is 3.86. The summed E-state index contributed by atoms with van der Waals surface area (Å²) in [5.74, 6) is 0.418. The summed E-state index contributed by atoms with van der Waals surface area (Å²) in [7, 11) is 0. The maximum Gasteiger partial charge on any atom is 0.227 e. The fraction of sp³-hybridized carbons (Fsp3) is 0.526. The summed E-state index contributed by atoms with van der Waals surface area (Å²) < 4.78 is 34.7. The second kappa shape index (κ2) is 7.72. The lowest BCUT2D eigenvalue weighted by Gasteiger charge is -2.22. The number of aryl methyl sites for hydroxylation is 1. The van der Waals surface area contributed by atoms with Crippen LogP contribution >= 0.6 is 0 Å². The maximum atomic E-state index is 13.8. The molecule has 27 heavy (non-hydrogen) atoms. The molecular weight excluding hydrogens is 354 g/mol. The Labute approximate surface area is 155 Å². The van der Waals surface area contributed by atoms with Crippen molar-refractivity contribution in [3.8, 4) is 0 Å². The van der Waals surface area contributed by atoms with Crippen LogP contribution in [0.25, 0.3) is 0 Å². The molecule has 1 saturated heterocycles. The number of fused-ring (bicyclic) bond motifs is 1. The quantitative estimate of drug-likeness (QED) is 0.894. The van der Waals surface area contributed by atoms with E-state index in [9.17, 15) is 13.6 Å². The average Bonchev–Trinajstić information content (AvgIpc) is 2.96. The zero-order valence-electron chi connectivity index (χ0n) is 15.0. The third kappa shape index (κ3) is 3.85. The predicted octanol–water partition coefficient (Wildman–Crippen LogP) is 3.04. The lowest BCUT2D eigenvalue weighted by atomic mass is 9.98. The van der Waals surface area contributed by atoms with Gasteiger partial charge in [0, 0.05) is 44.1 Å². The van der Waals surface area contributed by atoms with Crippen molar-refractivity contribution >= 4 is 11.6 Å². The molecule has 1 amide bonds. The molecule has 144 valence electrons. The van der Waals surface area contributed by atoms with Crippen LogP contribution in [0.5, 0.6) is 0 Å². The Morgan fingerprint density at radius 2 is 1.96 bits per heavy atom. The van der Waals surface area contributed by atoms with E-state index in [0.29, 0.717) is 31.7 Å². The number of aromatic nitrogens is 3. The summed E-state index contributed by atoms with van der Waals surface area (Å²) in [6.07, 6.45) is 3.72. The van der Waals surface area contributed by atoms with Gasteiger partial charge in [-0.2, -0.15) is 0 Å². The number of ether oxygens (including phenoxy) is 1. The molecule has 1 aromatic carbocycles. The number of amides is 1. The predicted molar refractivity (Wildman–Crippen MR) is 94.2 cm³/mol. The highest BCUT2D eigenvalue weighted by Gasteiger charge is 2.28. The van der Waals surface area contributed by atoms with Crippen molar-refractivity contribution in [1.29, 1.82) is 0 Å². The lowest BCUT2D eigenvalue weighted by molar-refractivity contribution is -0.120. The van der Waals surface area contributed by atoms with E-state index in [2.05, 4.69) is 20.1 Å². The zero-order valence-corrected chi connectivity index (χ0v) is 15.0. The molecule has 0 aliphatic carbocycles. The van der Waals surface area contributed by atoms with E-state index in [4.69, 9.17) is 4.74 Å². The Balaban J connectivity index is 1.44. The molecule has 2 aliphatic heterocycles.